The topological polar surface area (TPSA) is 78.9 Å². The molecule has 0 aliphatic heterocycles. The molecule has 6 heteroatoms. The summed E-state index contributed by atoms with van der Waals surface area (Å²) in [5.41, 5.74) is 0. The zero-order valence-corrected chi connectivity index (χ0v) is 46.9. The number of esters is 3. The number of ether oxygens (including phenoxy) is 3. The number of unbranched alkanes of at least 4 members (excludes halogenated alkanes) is 38. The Bertz CT molecular complexity index is 1050. The van der Waals surface area contributed by atoms with Gasteiger partial charge < -0.3 is 14.2 Å². The molecule has 6 nitrogen and oxygen atoms in total. The number of carbonyl (C=O) groups is 3. The summed E-state index contributed by atoms with van der Waals surface area (Å²) < 4.78 is 16.9. The van der Waals surface area contributed by atoms with Gasteiger partial charge in [-0.15, -0.1) is 0 Å². The van der Waals surface area contributed by atoms with Crippen LogP contribution in [0.15, 0.2) is 0 Å². The molecule has 0 saturated carbocycles. The minimum Gasteiger partial charge on any atom is -0.462 e. The highest BCUT2D eigenvalue weighted by molar-refractivity contribution is 5.71. The molecule has 0 radical (unpaired) electrons. The Labute approximate surface area is 425 Å². The molecule has 0 aromatic heterocycles. The molecule has 0 fully saturated rings. The van der Waals surface area contributed by atoms with Gasteiger partial charge in [0.25, 0.3) is 0 Å². The van der Waals surface area contributed by atoms with Crippen molar-refractivity contribution in [3.05, 3.63) is 0 Å². The summed E-state index contributed by atoms with van der Waals surface area (Å²) in [6, 6.07) is 0. The van der Waals surface area contributed by atoms with E-state index in [9.17, 15) is 14.4 Å². The number of rotatable bonds is 55. The van der Waals surface area contributed by atoms with E-state index in [1.54, 1.807) is 0 Å². The van der Waals surface area contributed by atoms with Crippen molar-refractivity contribution in [2.75, 3.05) is 13.2 Å². The fourth-order valence-corrected chi connectivity index (χ4v) is 9.53. The second-order valence-corrected chi connectivity index (χ2v) is 22.8. The highest BCUT2D eigenvalue weighted by Crippen LogP contribution is 2.19. The summed E-state index contributed by atoms with van der Waals surface area (Å²) in [5.74, 6) is 1.67. The Hall–Kier alpha value is -1.59. The Morgan fingerprint density at radius 3 is 0.632 bits per heavy atom. The molecule has 0 N–H and O–H groups in total. The average Bonchev–Trinajstić information content (AvgIpc) is 3.30. The second-order valence-electron chi connectivity index (χ2n) is 22.8. The molecule has 0 saturated heterocycles. The first kappa shape index (κ1) is 66.4. The van der Waals surface area contributed by atoms with Crippen LogP contribution < -0.4 is 0 Å². The summed E-state index contributed by atoms with van der Waals surface area (Å²) in [7, 11) is 0. The maximum Gasteiger partial charge on any atom is 0.306 e. The standard InChI is InChI=1S/C62H120O6/c1-56(2)48-42-36-30-24-19-15-11-9-7-8-10-12-18-22-28-35-41-47-53-62(65)68-59(55-67-61(64)52-46-40-34-29-23-26-32-38-44-50-58(5)6)54-66-60(63)51-45-39-33-27-21-17-14-13-16-20-25-31-37-43-49-57(3)4/h56-59H,7-55H2,1-6H3/t59-/m1/s1. The van der Waals surface area contributed by atoms with E-state index in [0.29, 0.717) is 19.3 Å². The smallest absolute Gasteiger partial charge is 0.306 e. The van der Waals surface area contributed by atoms with Gasteiger partial charge >= 0.3 is 17.9 Å². The van der Waals surface area contributed by atoms with Gasteiger partial charge in [-0.1, -0.05) is 305 Å². The molecule has 0 unspecified atom stereocenters. The lowest BCUT2D eigenvalue weighted by Gasteiger charge is -2.18. The lowest BCUT2D eigenvalue weighted by molar-refractivity contribution is -0.167. The highest BCUT2D eigenvalue weighted by Gasteiger charge is 2.19. The Morgan fingerprint density at radius 1 is 0.250 bits per heavy atom. The normalized spacial score (nSPS) is 12.1. The first-order valence-electron chi connectivity index (χ1n) is 30.6. The van der Waals surface area contributed by atoms with Crippen molar-refractivity contribution in [1.29, 1.82) is 0 Å². The van der Waals surface area contributed by atoms with Crippen LogP contribution in [-0.2, 0) is 28.6 Å². The molecule has 0 aromatic carbocycles. The van der Waals surface area contributed by atoms with Crippen molar-refractivity contribution in [1.82, 2.24) is 0 Å². The fourth-order valence-electron chi connectivity index (χ4n) is 9.53. The molecule has 0 aromatic rings. The van der Waals surface area contributed by atoms with E-state index in [2.05, 4.69) is 41.5 Å². The lowest BCUT2D eigenvalue weighted by atomic mass is 10.0. The first-order valence-corrected chi connectivity index (χ1v) is 30.6. The molecule has 0 aliphatic carbocycles. The molecular weight excluding hydrogens is 841 g/mol. The lowest BCUT2D eigenvalue weighted by Crippen LogP contribution is -2.30. The van der Waals surface area contributed by atoms with Gasteiger partial charge in [0.15, 0.2) is 6.10 Å². The molecule has 68 heavy (non-hydrogen) atoms. The van der Waals surface area contributed by atoms with Crippen molar-refractivity contribution < 1.29 is 28.6 Å². The van der Waals surface area contributed by atoms with Gasteiger partial charge in [-0.3, -0.25) is 14.4 Å². The SMILES string of the molecule is CC(C)CCCCCCCCCCCCCCCCCCCCC(=O)O[C@H](COC(=O)CCCCCCCCCCCCCCCCC(C)C)COC(=O)CCCCCCCCCCCC(C)C. The summed E-state index contributed by atoms with van der Waals surface area (Å²) in [5, 5.41) is 0. The second kappa shape index (κ2) is 53.2. The number of hydrogen-bond acceptors (Lipinski definition) is 6. The van der Waals surface area contributed by atoms with Crippen molar-refractivity contribution in [2.24, 2.45) is 17.8 Å². The third-order valence-electron chi connectivity index (χ3n) is 14.1. The predicted molar refractivity (Wildman–Crippen MR) is 293 cm³/mol. The van der Waals surface area contributed by atoms with Crippen LogP contribution in [0, 0.1) is 17.8 Å². The van der Waals surface area contributed by atoms with Crippen LogP contribution in [-0.4, -0.2) is 37.2 Å². The maximum absolute atomic E-state index is 12.9. The van der Waals surface area contributed by atoms with Crippen LogP contribution in [0.2, 0.25) is 0 Å². The van der Waals surface area contributed by atoms with Gasteiger partial charge in [0.05, 0.1) is 0 Å². The maximum atomic E-state index is 12.9. The zero-order chi connectivity index (χ0) is 49.8. The van der Waals surface area contributed by atoms with Crippen LogP contribution >= 0.6 is 0 Å². The van der Waals surface area contributed by atoms with Crippen LogP contribution in [0.25, 0.3) is 0 Å². The molecular formula is C62H120O6. The van der Waals surface area contributed by atoms with Crippen molar-refractivity contribution >= 4 is 17.9 Å². The van der Waals surface area contributed by atoms with Gasteiger partial charge in [0.2, 0.25) is 0 Å². The summed E-state index contributed by atoms with van der Waals surface area (Å²) in [6.45, 7) is 13.8. The summed E-state index contributed by atoms with van der Waals surface area (Å²) in [6.07, 6.45) is 56.8. The van der Waals surface area contributed by atoms with E-state index >= 15 is 0 Å². The molecule has 0 bridgehead atoms. The molecule has 0 spiro atoms. The van der Waals surface area contributed by atoms with Crippen molar-refractivity contribution in [3.63, 3.8) is 0 Å². The zero-order valence-electron chi connectivity index (χ0n) is 46.9. The largest absolute Gasteiger partial charge is 0.462 e. The first-order chi connectivity index (χ1) is 33.1. The molecule has 404 valence electrons. The Kier molecular flexibility index (Phi) is 52.0. The Balaban J connectivity index is 4.25. The van der Waals surface area contributed by atoms with E-state index in [1.165, 1.54) is 225 Å². The fraction of sp³-hybridized carbons (Fsp3) is 0.952. The van der Waals surface area contributed by atoms with E-state index in [0.717, 1.165) is 75.5 Å². The molecule has 1 atom stereocenters. The van der Waals surface area contributed by atoms with Gasteiger partial charge in [0.1, 0.15) is 13.2 Å². The summed E-state index contributed by atoms with van der Waals surface area (Å²) in [4.78, 5) is 38.2. The molecule has 0 rings (SSSR count). The predicted octanol–water partition coefficient (Wildman–Crippen LogP) is 20.3. The van der Waals surface area contributed by atoms with E-state index in [4.69, 9.17) is 14.2 Å². The third kappa shape index (κ3) is 55.3. The third-order valence-corrected chi connectivity index (χ3v) is 14.1. The van der Waals surface area contributed by atoms with Crippen LogP contribution in [0.1, 0.15) is 343 Å². The minimum absolute atomic E-state index is 0.0633. The monoisotopic (exact) mass is 961 g/mol. The summed E-state index contributed by atoms with van der Waals surface area (Å²) >= 11 is 0. The van der Waals surface area contributed by atoms with E-state index in [-0.39, 0.29) is 31.1 Å². The highest BCUT2D eigenvalue weighted by atomic mass is 16.6. The van der Waals surface area contributed by atoms with Crippen molar-refractivity contribution in [3.8, 4) is 0 Å². The average molecular weight is 962 g/mol. The van der Waals surface area contributed by atoms with Gasteiger partial charge in [-0.05, 0) is 37.0 Å². The van der Waals surface area contributed by atoms with Crippen LogP contribution in [0.4, 0.5) is 0 Å². The number of hydrogen-bond donors (Lipinski definition) is 0. The van der Waals surface area contributed by atoms with Gasteiger partial charge in [0, 0.05) is 19.3 Å². The Morgan fingerprint density at radius 2 is 0.426 bits per heavy atom. The van der Waals surface area contributed by atoms with E-state index in [1.807, 2.05) is 0 Å². The molecule has 0 aliphatic rings. The van der Waals surface area contributed by atoms with Gasteiger partial charge in [-0.2, -0.15) is 0 Å². The number of carbonyl (C=O) groups excluding carboxylic acids is 3. The molecule has 0 heterocycles. The van der Waals surface area contributed by atoms with Crippen LogP contribution in [0.5, 0.6) is 0 Å². The molecule has 0 amide bonds. The van der Waals surface area contributed by atoms with Crippen LogP contribution in [0.3, 0.4) is 0 Å². The van der Waals surface area contributed by atoms with Gasteiger partial charge in [-0.25, -0.2) is 0 Å². The minimum atomic E-state index is -0.764. The van der Waals surface area contributed by atoms with Crippen molar-refractivity contribution in [2.45, 2.75) is 349 Å². The quantitative estimate of drug-likeness (QED) is 0.0343. The van der Waals surface area contributed by atoms with E-state index < -0.39 is 6.10 Å².